The minimum Gasteiger partial charge on any atom is -0.324 e. The molecule has 1 N–H and O–H groups in total. The predicted octanol–water partition coefficient (Wildman–Crippen LogP) is 1.59. The smallest absolute Gasteiger partial charge is 0.324 e. The third-order valence-corrected chi connectivity index (χ3v) is 3.22. The van der Waals surface area contributed by atoms with Crippen molar-refractivity contribution in [3.8, 4) is 0 Å². The van der Waals surface area contributed by atoms with Gasteiger partial charge in [-0.25, -0.2) is 0 Å². The van der Waals surface area contributed by atoms with Crippen LogP contribution in [0.15, 0.2) is 4.52 Å². The standard InChI is InChI=1S/C12H22N4O/c1-3-8-16(12-14-10(2)15-17-12)9-11-4-6-13-7-5-11/h11,13H,3-9H2,1-2H3. The van der Waals surface area contributed by atoms with E-state index in [2.05, 4.69) is 27.3 Å². The minimum absolute atomic E-state index is 0.683. The topological polar surface area (TPSA) is 54.2 Å². The molecule has 5 nitrogen and oxygen atoms in total. The van der Waals surface area contributed by atoms with Gasteiger partial charge >= 0.3 is 6.01 Å². The molecule has 1 fully saturated rings. The van der Waals surface area contributed by atoms with Crippen LogP contribution >= 0.6 is 0 Å². The number of nitrogens with one attached hydrogen (secondary N) is 1. The van der Waals surface area contributed by atoms with Crippen molar-refractivity contribution in [2.75, 3.05) is 31.1 Å². The van der Waals surface area contributed by atoms with Crippen molar-refractivity contribution in [3.63, 3.8) is 0 Å². The molecule has 0 amide bonds. The van der Waals surface area contributed by atoms with E-state index in [1.54, 1.807) is 0 Å². The van der Waals surface area contributed by atoms with E-state index >= 15 is 0 Å². The van der Waals surface area contributed by atoms with E-state index in [9.17, 15) is 0 Å². The molecule has 96 valence electrons. The molecule has 0 aliphatic carbocycles. The van der Waals surface area contributed by atoms with E-state index < -0.39 is 0 Å². The number of piperidine rings is 1. The lowest BCUT2D eigenvalue weighted by Crippen LogP contribution is -2.36. The van der Waals surface area contributed by atoms with Gasteiger partial charge in [-0.1, -0.05) is 12.1 Å². The van der Waals surface area contributed by atoms with Crippen LogP contribution in [-0.2, 0) is 0 Å². The molecule has 5 heteroatoms. The summed E-state index contributed by atoms with van der Waals surface area (Å²) < 4.78 is 5.27. The fraction of sp³-hybridized carbons (Fsp3) is 0.833. The van der Waals surface area contributed by atoms with E-state index in [1.807, 2.05) is 6.92 Å². The summed E-state index contributed by atoms with van der Waals surface area (Å²) in [6.07, 6.45) is 3.59. The van der Waals surface area contributed by atoms with E-state index in [-0.39, 0.29) is 0 Å². The van der Waals surface area contributed by atoms with Crippen molar-refractivity contribution >= 4 is 6.01 Å². The van der Waals surface area contributed by atoms with Gasteiger partial charge in [0.1, 0.15) is 0 Å². The van der Waals surface area contributed by atoms with Crippen LogP contribution in [0.1, 0.15) is 32.0 Å². The number of anilines is 1. The van der Waals surface area contributed by atoms with Gasteiger partial charge < -0.3 is 14.7 Å². The molecule has 1 aliphatic heterocycles. The normalized spacial score (nSPS) is 17.3. The monoisotopic (exact) mass is 238 g/mol. The molecule has 0 spiro atoms. The van der Waals surface area contributed by atoms with Gasteiger partial charge in [0.15, 0.2) is 5.82 Å². The highest BCUT2D eigenvalue weighted by molar-refractivity contribution is 5.24. The van der Waals surface area contributed by atoms with Gasteiger partial charge in [-0.05, 0) is 45.2 Å². The molecule has 1 aliphatic rings. The maximum absolute atomic E-state index is 5.27. The minimum atomic E-state index is 0.683. The molecule has 2 heterocycles. The summed E-state index contributed by atoms with van der Waals surface area (Å²) in [4.78, 5) is 6.56. The lowest BCUT2D eigenvalue weighted by molar-refractivity contribution is 0.353. The van der Waals surface area contributed by atoms with Gasteiger partial charge in [0, 0.05) is 13.1 Å². The van der Waals surface area contributed by atoms with Crippen molar-refractivity contribution in [1.82, 2.24) is 15.5 Å². The summed E-state index contributed by atoms with van der Waals surface area (Å²) in [6.45, 7) is 8.34. The van der Waals surface area contributed by atoms with Gasteiger partial charge in [-0.2, -0.15) is 4.98 Å². The number of aryl methyl sites for hydroxylation is 1. The van der Waals surface area contributed by atoms with Gasteiger partial charge in [0.2, 0.25) is 0 Å². The molecule has 1 saturated heterocycles. The van der Waals surface area contributed by atoms with Crippen LogP contribution < -0.4 is 10.2 Å². The Balaban J connectivity index is 1.96. The number of hydrogen-bond donors (Lipinski definition) is 1. The molecule has 0 atom stereocenters. The number of rotatable bonds is 5. The maximum atomic E-state index is 5.27. The molecule has 0 radical (unpaired) electrons. The molecule has 2 rings (SSSR count). The molecular weight excluding hydrogens is 216 g/mol. The largest absolute Gasteiger partial charge is 0.324 e. The molecule has 0 bridgehead atoms. The lowest BCUT2D eigenvalue weighted by Gasteiger charge is -2.28. The van der Waals surface area contributed by atoms with Crippen LogP contribution in [0.4, 0.5) is 6.01 Å². The Kier molecular flexibility index (Phi) is 4.36. The van der Waals surface area contributed by atoms with Gasteiger partial charge in [0.05, 0.1) is 0 Å². The second kappa shape index (κ2) is 6.00. The van der Waals surface area contributed by atoms with Gasteiger partial charge in [-0.15, -0.1) is 0 Å². The third kappa shape index (κ3) is 3.43. The van der Waals surface area contributed by atoms with E-state index in [0.29, 0.717) is 11.8 Å². The summed E-state index contributed by atoms with van der Waals surface area (Å²) in [5.74, 6) is 1.46. The van der Waals surface area contributed by atoms with Crippen LogP contribution in [-0.4, -0.2) is 36.3 Å². The van der Waals surface area contributed by atoms with Crippen molar-refractivity contribution in [2.24, 2.45) is 5.92 Å². The highest BCUT2D eigenvalue weighted by Crippen LogP contribution is 2.18. The Labute approximate surface area is 103 Å². The summed E-state index contributed by atoms with van der Waals surface area (Å²) in [7, 11) is 0. The zero-order chi connectivity index (χ0) is 12.1. The summed E-state index contributed by atoms with van der Waals surface area (Å²) in [5, 5.41) is 7.27. The van der Waals surface area contributed by atoms with Crippen LogP contribution in [0.3, 0.4) is 0 Å². The molecule has 0 unspecified atom stereocenters. The molecular formula is C12H22N4O. The van der Waals surface area contributed by atoms with E-state index in [0.717, 1.165) is 38.5 Å². The first kappa shape index (κ1) is 12.4. The average Bonchev–Trinajstić information content (AvgIpc) is 2.77. The fourth-order valence-electron chi connectivity index (χ4n) is 2.33. The molecule has 1 aromatic rings. The lowest BCUT2D eigenvalue weighted by atomic mass is 9.97. The van der Waals surface area contributed by atoms with Crippen molar-refractivity contribution < 1.29 is 4.52 Å². The first-order valence-electron chi connectivity index (χ1n) is 6.55. The number of hydrogen-bond acceptors (Lipinski definition) is 5. The Morgan fingerprint density at radius 1 is 1.41 bits per heavy atom. The maximum Gasteiger partial charge on any atom is 0.324 e. The van der Waals surface area contributed by atoms with Crippen molar-refractivity contribution in [3.05, 3.63) is 5.82 Å². The van der Waals surface area contributed by atoms with Crippen LogP contribution in [0.5, 0.6) is 0 Å². The van der Waals surface area contributed by atoms with Crippen LogP contribution in [0.25, 0.3) is 0 Å². The molecule has 17 heavy (non-hydrogen) atoms. The SMILES string of the molecule is CCCN(CC1CCNCC1)c1nc(C)no1. The zero-order valence-electron chi connectivity index (χ0n) is 10.8. The number of aromatic nitrogens is 2. The predicted molar refractivity (Wildman–Crippen MR) is 67.1 cm³/mol. The van der Waals surface area contributed by atoms with Crippen molar-refractivity contribution in [2.45, 2.75) is 33.1 Å². The number of nitrogens with zero attached hydrogens (tertiary/aromatic N) is 3. The molecule has 0 saturated carbocycles. The summed E-state index contributed by atoms with van der Waals surface area (Å²) in [5.41, 5.74) is 0. The van der Waals surface area contributed by atoms with Gasteiger partial charge in [0.25, 0.3) is 0 Å². The Hall–Kier alpha value is -1.10. The summed E-state index contributed by atoms with van der Waals surface area (Å²) in [6, 6.07) is 0.683. The van der Waals surface area contributed by atoms with Crippen LogP contribution in [0, 0.1) is 12.8 Å². The summed E-state index contributed by atoms with van der Waals surface area (Å²) >= 11 is 0. The van der Waals surface area contributed by atoms with E-state index in [1.165, 1.54) is 12.8 Å². The van der Waals surface area contributed by atoms with E-state index in [4.69, 9.17) is 4.52 Å². The Morgan fingerprint density at radius 2 is 2.18 bits per heavy atom. The first-order chi connectivity index (χ1) is 8.29. The Bertz CT molecular complexity index is 333. The average molecular weight is 238 g/mol. The quantitative estimate of drug-likeness (QED) is 0.844. The van der Waals surface area contributed by atoms with Crippen molar-refractivity contribution in [1.29, 1.82) is 0 Å². The fourth-order valence-corrected chi connectivity index (χ4v) is 2.33. The second-order valence-electron chi connectivity index (χ2n) is 4.76. The molecule has 1 aromatic heterocycles. The third-order valence-electron chi connectivity index (χ3n) is 3.22. The van der Waals surface area contributed by atoms with Gasteiger partial charge in [-0.3, -0.25) is 0 Å². The molecule has 0 aromatic carbocycles. The Morgan fingerprint density at radius 3 is 2.76 bits per heavy atom. The highest BCUT2D eigenvalue weighted by atomic mass is 16.5. The second-order valence-corrected chi connectivity index (χ2v) is 4.76. The first-order valence-corrected chi connectivity index (χ1v) is 6.55. The van der Waals surface area contributed by atoms with Crippen LogP contribution in [0.2, 0.25) is 0 Å². The zero-order valence-corrected chi connectivity index (χ0v) is 10.8. The highest BCUT2D eigenvalue weighted by Gasteiger charge is 2.20.